The summed E-state index contributed by atoms with van der Waals surface area (Å²) in [6.45, 7) is 0. The normalized spacial score (nSPS) is 11.7. The van der Waals surface area contributed by atoms with Gasteiger partial charge in [-0.2, -0.15) is 9.97 Å². The lowest BCUT2D eigenvalue weighted by Gasteiger charge is -2.12. The standard InChI is InChI=1S/C49H30N4S/c1-2-12-34-29-36(28-27-31(34)11-1)33-25-23-32(24-26-33)35-13-9-14-37(30-35)47-50-48(41-18-10-22-45-46(41)40-17-5-8-21-44(40)54-45)52-49(51-47)53-42-19-6-3-15-38(42)39-16-4-7-20-43(39)53/h1-30H. The van der Waals surface area contributed by atoms with Gasteiger partial charge in [-0.25, -0.2) is 4.98 Å². The first-order chi connectivity index (χ1) is 26.7. The molecule has 0 amide bonds. The second-order valence-electron chi connectivity index (χ2n) is 13.6. The molecule has 54 heavy (non-hydrogen) atoms. The van der Waals surface area contributed by atoms with Crippen LogP contribution < -0.4 is 0 Å². The quantitative estimate of drug-likeness (QED) is 0.179. The van der Waals surface area contributed by atoms with Crippen LogP contribution in [0.3, 0.4) is 0 Å². The Morgan fingerprint density at radius 3 is 1.72 bits per heavy atom. The van der Waals surface area contributed by atoms with Gasteiger partial charge in [0.15, 0.2) is 11.6 Å². The molecule has 11 rings (SSSR count). The summed E-state index contributed by atoms with van der Waals surface area (Å²) in [7, 11) is 0. The molecular formula is C49H30N4S. The SMILES string of the molecule is c1cc(-c2ccc(-c3ccc4ccccc4c3)cc2)cc(-c2nc(-c3cccc4sc5ccccc5c34)nc(-n3c4ccccc4c4ccccc43)n2)c1. The molecule has 11 aromatic rings. The predicted molar refractivity (Wildman–Crippen MR) is 226 cm³/mol. The van der Waals surface area contributed by atoms with Gasteiger partial charge < -0.3 is 0 Å². The van der Waals surface area contributed by atoms with Gasteiger partial charge in [-0.05, 0) is 69.4 Å². The van der Waals surface area contributed by atoms with Gasteiger partial charge in [-0.3, -0.25) is 4.57 Å². The van der Waals surface area contributed by atoms with Crippen molar-refractivity contribution in [2.45, 2.75) is 0 Å². The molecule has 0 radical (unpaired) electrons. The number of fused-ring (bicyclic) bond motifs is 7. The van der Waals surface area contributed by atoms with Crippen LogP contribution in [0.2, 0.25) is 0 Å². The molecule has 4 nitrogen and oxygen atoms in total. The van der Waals surface area contributed by atoms with E-state index in [-0.39, 0.29) is 0 Å². The highest BCUT2D eigenvalue weighted by molar-refractivity contribution is 7.25. The van der Waals surface area contributed by atoms with Crippen molar-refractivity contribution in [1.29, 1.82) is 0 Å². The van der Waals surface area contributed by atoms with Gasteiger partial charge in [0.1, 0.15) is 0 Å². The van der Waals surface area contributed by atoms with E-state index in [2.05, 4.69) is 187 Å². The molecule has 8 aromatic carbocycles. The number of nitrogens with zero attached hydrogens (tertiary/aromatic N) is 4. The molecule has 0 spiro atoms. The third kappa shape index (κ3) is 5.01. The fourth-order valence-electron chi connectivity index (χ4n) is 7.88. The second kappa shape index (κ2) is 12.3. The Morgan fingerprint density at radius 1 is 0.370 bits per heavy atom. The Kier molecular flexibility index (Phi) is 7.00. The zero-order valence-electron chi connectivity index (χ0n) is 29.0. The van der Waals surface area contributed by atoms with E-state index in [9.17, 15) is 0 Å². The molecule has 0 saturated carbocycles. The van der Waals surface area contributed by atoms with Gasteiger partial charge in [0.2, 0.25) is 5.95 Å². The van der Waals surface area contributed by atoms with Crippen molar-refractivity contribution in [2.75, 3.05) is 0 Å². The number of hydrogen-bond donors (Lipinski definition) is 0. The van der Waals surface area contributed by atoms with Crippen molar-refractivity contribution in [3.05, 3.63) is 182 Å². The number of rotatable bonds is 5. The first kappa shape index (κ1) is 30.7. The Bertz CT molecular complexity index is 3170. The van der Waals surface area contributed by atoms with Crippen molar-refractivity contribution < 1.29 is 0 Å². The van der Waals surface area contributed by atoms with Crippen LogP contribution >= 0.6 is 11.3 Å². The van der Waals surface area contributed by atoms with Gasteiger partial charge in [-0.15, -0.1) is 11.3 Å². The zero-order chi connectivity index (χ0) is 35.6. The number of aromatic nitrogens is 4. The van der Waals surface area contributed by atoms with Crippen molar-refractivity contribution in [2.24, 2.45) is 0 Å². The molecule has 3 heterocycles. The molecule has 0 fully saturated rings. The Balaban J connectivity index is 1.08. The maximum absolute atomic E-state index is 5.29. The van der Waals surface area contributed by atoms with Crippen molar-refractivity contribution >= 4 is 64.1 Å². The molecule has 0 N–H and O–H groups in total. The Hall–Kier alpha value is -6.95. The smallest absolute Gasteiger partial charge is 0.238 e. The second-order valence-corrected chi connectivity index (χ2v) is 14.7. The lowest BCUT2D eigenvalue weighted by Crippen LogP contribution is -2.06. The molecule has 0 bridgehead atoms. The number of hydrogen-bond acceptors (Lipinski definition) is 4. The summed E-state index contributed by atoms with van der Waals surface area (Å²) in [6, 6.07) is 64.5. The average Bonchev–Trinajstić information content (AvgIpc) is 3.80. The summed E-state index contributed by atoms with van der Waals surface area (Å²) in [5, 5.41) is 7.20. The van der Waals surface area contributed by atoms with Crippen LogP contribution in [0.25, 0.3) is 104 Å². The average molecular weight is 707 g/mol. The predicted octanol–water partition coefficient (Wildman–Crippen LogP) is 13.2. The van der Waals surface area contributed by atoms with E-state index >= 15 is 0 Å². The number of para-hydroxylation sites is 2. The van der Waals surface area contributed by atoms with Crippen LogP contribution in [0, 0.1) is 0 Å². The molecule has 0 aliphatic carbocycles. The Morgan fingerprint density at radius 2 is 0.944 bits per heavy atom. The van der Waals surface area contributed by atoms with Crippen LogP contribution in [-0.2, 0) is 0 Å². The lowest BCUT2D eigenvalue weighted by atomic mass is 9.97. The molecule has 0 unspecified atom stereocenters. The molecule has 5 heteroatoms. The van der Waals surface area contributed by atoms with E-state index in [0.29, 0.717) is 17.6 Å². The maximum Gasteiger partial charge on any atom is 0.238 e. The Labute approximate surface area is 315 Å². The minimum absolute atomic E-state index is 0.592. The summed E-state index contributed by atoms with van der Waals surface area (Å²) < 4.78 is 4.64. The molecule has 0 aliphatic rings. The van der Waals surface area contributed by atoms with E-state index in [1.807, 2.05) is 0 Å². The molecular weight excluding hydrogens is 677 g/mol. The van der Waals surface area contributed by atoms with Gasteiger partial charge in [0.25, 0.3) is 0 Å². The lowest BCUT2D eigenvalue weighted by molar-refractivity contribution is 0.954. The highest BCUT2D eigenvalue weighted by Gasteiger charge is 2.20. The van der Waals surface area contributed by atoms with Crippen LogP contribution in [0.4, 0.5) is 0 Å². The zero-order valence-corrected chi connectivity index (χ0v) is 29.8. The summed E-state index contributed by atoms with van der Waals surface area (Å²) in [6.07, 6.45) is 0. The van der Waals surface area contributed by atoms with Crippen LogP contribution in [0.1, 0.15) is 0 Å². The summed E-state index contributed by atoms with van der Waals surface area (Å²) in [5.41, 5.74) is 8.67. The highest BCUT2D eigenvalue weighted by Crippen LogP contribution is 2.40. The first-order valence-electron chi connectivity index (χ1n) is 18.1. The molecule has 252 valence electrons. The monoisotopic (exact) mass is 706 g/mol. The van der Waals surface area contributed by atoms with Crippen LogP contribution in [0.15, 0.2) is 182 Å². The van der Waals surface area contributed by atoms with Gasteiger partial charge in [-0.1, -0.05) is 146 Å². The molecule has 0 aliphatic heterocycles. The minimum Gasteiger partial charge on any atom is -0.278 e. The summed E-state index contributed by atoms with van der Waals surface area (Å²) >= 11 is 1.80. The van der Waals surface area contributed by atoms with Crippen molar-refractivity contribution in [3.63, 3.8) is 0 Å². The van der Waals surface area contributed by atoms with Gasteiger partial charge in [0.05, 0.1) is 11.0 Å². The summed E-state index contributed by atoms with van der Waals surface area (Å²) in [4.78, 5) is 15.8. The third-order valence-corrected chi connectivity index (χ3v) is 11.6. The number of benzene rings is 8. The third-order valence-electron chi connectivity index (χ3n) is 10.5. The first-order valence-corrected chi connectivity index (χ1v) is 18.9. The maximum atomic E-state index is 5.29. The fourth-order valence-corrected chi connectivity index (χ4v) is 9.01. The van der Waals surface area contributed by atoms with Crippen molar-refractivity contribution in [3.8, 4) is 51.0 Å². The van der Waals surface area contributed by atoms with E-state index in [4.69, 9.17) is 15.0 Å². The molecule has 0 saturated heterocycles. The van der Waals surface area contributed by atoms with E-state index in [1.165, 1.54) is 42.1 Å². The largest absolute Gasteiger partial charge is 0.278 e. The van der Waals surface area contributed by atoms with Gasteiger partial charge >= 0.3 is 0 Å². The van der Waals surface area contributed by atoms with E-state index in [1.54, 1.807) is 11.3 Å². The molecule has 3 aromatic heterocycles. The number of thiophene rings is 1. The highest BCUT2D eigenvalue weighted by atomic mass is 32.1. The molecule has 0 atom stereocenters. The van der Waals surface area contributed by atoms with E-state index < -0.39 is 0 Å². The van der Waals surface area contributed by atoms with E-state index in [0.717, 1.165) is 44.1 Å². The minimum atomic E-state index is 0.592. The topological polar surface area (TPSA) is 43.6 Å². The van der Waals surface area contributed by atoms with Crippen LogP contribution in [-0.4, -0.2) is 19.5 Å². The summed E-state index contributed by atoms with van der Waals surface area (Å²) in [5.74, 6) is 1.87. The van der Waals surface area contributed by atoms with Crippen LogP contribution in [0.5, 0.6) is 0 Å². The van der Waals surface area contributed by atoms with Crippen molar-refractivity contribution in [1.82, 2.24) is 19.5 Å². The van der Waals surface area contributed by atoms with Gasteiger partial charge in [0, 0.05) is 42.1 Å². The fraction of sp³-hybridized carbons (Fsp3) is 0.